The molecule has 1 heterocycles. The zero-order valence-corrected chi connectivity index (χ0v) is 16.5. The van der Waals surface area contributed by atoms with Gasteiger partial charge in [0.1, 0.15) is 0 Å². The first-order valence-corrected chi connectivity index (χ1v) is 9.44. The van der Waals surface area contributed by atoms with Crippen LogP contribution in [0, 0.1) is 0 Å². The summed E-state index contributed by atoms with van der Waals surface area (Å²) in [6.07, 6.45) is 0.283. The van der Waals surface area contributed by atoms with Crippen molar-refractivity contribution in [1.82, 2.24) is 5.32 Å². The number of hydrazone groups is 1. The first-order valence-electron chi connectivity index (χ1n) is 9.06. The van der Waals surface area contributed by atoms with Gasteiger partial charge in [-0.15, -0.1) is 0 Å². The second kappa shape index (κ2) is 8.87. The lowest BCUT2D eigenvalue weighted by molar-refractivity contribution is -0.137. The van der Waals surface area contributed by atoms with Crippen molar-refractivity contribution in [2.75, 3.05) is 5.01 Å². The third kappa shape index (κ3) is 5.20. The maximum Gasteiger partial charge on any atom is 0.305 e. The molecular formula is C21H20ClN3O4. The Kier molecular flexibility index (Phi) is 6.29. The smallest absolute Gasteiger partial charge is 0.305 e. The van der Waals surface area contributed by atoms with Crippen molar-refractivity contribution in [2.24, 2.45) is 5.10 Å². The highest BCUT2D eigenvalue weighted by atomic mass is 35.5. The third-order valence-electron chi connectivity index (χ3n) is 4.45. The standard InChI is InChI=1S/C21H20ClN3O4/c1-13-9-19(26)25(24-13)17-7-4-6-15(11-17)21(29)23-16(12-20(27)28)10-14-5-2-3-8-18(14)22/h2-8,11,16H,9-10,12H2,1H3,(H,23,29)(H,27,28)/t16-/m1/s1. The molecule has 1 atom stereocenters. The topological polar surface area (TPSA) is 99.1 Å². The van der Waals surface area contributed by atoms with Gasteiger partial charge in [-0.25, -0.2) is 5.01 Å². The Morgan fingerprint density at radius 1 is 1.24 bits per heavy atom. The highest BCUT2D eigenvalue weighted by Crippen LogP contribution is 2.22. The largest absolute Gasteiger partial charge is 0.481 e. The number of amides is 2. The predicted octanol–water partition coefficient (Wildman–Crippen LogP) is 3.27. The summed E-state index contributed by atoms with van der Waals surface area (Å²) in [5, 5.41) is 17.9. The molecule has 2 N–H and O–H groups in total. The first kappa shape index (κ1) is 20.5. The number of aliphatic carboxylic acids is 1. The second-order valence-electron chi connectivity index (χ2n) is 6.83. The number of rotatable bonds is 7. The van der Waals surface area contributed by atoms with Crippen LogP contribution >= 0.6 is 11.6 Å². The van der Waals surface area contributed by atoms with Crippen molar-refractivity contribution in [3.05, 3.63) is 64.7 Å². The fourth-order valence-electron chi connectivity index (χ4n) is 3.12. The number of carbonyl (C=O) groups is 3. The molecule has 7 nitrogen and oxygen atoms in total. The van der Waals surface area contributed by atoms with E-state index in [-0.39, 0.29) is 25.2 Å². The van der Waals surface area contributed by atoms with E-state index in [0.29, 0.717) is 22.0 Å². The lowest BCUT2D eigenvalue weighted by Gasteiger charge is -2.19. The van der Waals surface area contributed by atoms with Crippen LogP contribution in [0.15, 0.2) is 53.6 Å². The number of carbonyl (C=O) groups excluding carboxylic acids is 2. The fourth-order valence-corrected chi connectivity index (χ4v) is 3.33. The summed E-state index contributed by atoms with van der Waals surface area (Å²) in [6.45, 7) is 1.76. The van der Waals surface area contributed by atoms with Gasteiger partial charge in [-0.1, -0.05) is 35.9 Å². The maximum absolute atomic E-state index is 12.7. The molecule has 0 saturated carbocycles. The van der Waals surface area contributed by atoms with Gasteiger partial charge in [0, 0.05) is 22.3 Å². The van der Waals surface area contributed by atoms with Gasteiger partial charge in [0.05, 0.1) is 18.5 Å². The SMILES string of the molecule is CC1=NN(c2cccc(C(=O)N[C@@H](CC(=O)O)Cc3ccccc3Cl)c2)C(=O)C1. The molecule has 29 heavy (non-hydrogen) atoms. The van der Waals surface area contributed by atoms with Gasteiger partial charge in [0.2, 0.25) is 0 Å². The molecule has 0 radical (unpaired) electrons. The van der Waals surface area contributed by atoms with Crippen LogP contribution in [0.25, 0.3) is 0 Å². The minimum atomic E-state index is -1.02. The molecule has 2 aromatic carbocycles. The van der Waals surface area contributed by atoms with E-state index in [4.69, 9.17) is 11.6 Å². The van der Waals surface area contributed by atoms with Crippen molar-refractivity contribution in [3.8, 4) is 0 Å². The van der Waals surface area contributed by atoms with E-state index in [9.17, 15) is 19.5 Å². The van der Waals surface area contributed by atoms with Crippen molar-refractivity contribution in [1.29, 1.82) is 0 Å². The molecule has 1 aliphatic heterocycles. The quantitative estimate of drug-likeness (QED) is 0.727. The van der Waals surface area contributed by atoms with E-state index in [0.717, 1.165) is 5.56 Å². The molecule has 0 bridgehead atoms. The number of anilines is 1. The van der Waals surface area contributed by atoms with E-state index in [1.54, 1.807) is 55.5 Å². The molecule has 0 spiro atoms. The van der Waals surface area contributed by atoms with E-state index < -0.39 is 17.9 Å². The molecule has 0 saturated heterocycles. The van der Waals surface area contributed by atoms with E-state index >= 15 is 0 Å². The summed E-state index contributed by atoms with van der Waals surface area (Å²) in [6, 6.07) is 13.0. The number of nitrogens with zero attached hydrogens (tertiary/aromatic N) is 2. The number of benzene rings is 2. The second-order valence-corrected chi connectivity index (χ2v) is 7.24. The van der Waals surface area contributed by atoms with Crippen LogP contribution in [0.1, 0.15) is 35.7 Å². The van der Waals surface area contributed by atoms with Crippen LogP contribution in [0.5, 0.6) is 0 Å². The summed E-state index contributed by atoms with van der Waals surface area (Å²) in [4.78, 5) is 36.0. The number of carboxylic acids is 1. The molecule has 3 rings (SSSR count). The van der Waals surface area contributed by atoms with Crippen molar-refractivity contribution < 1.29 is 19.5 Å². The van der Waals surface area contributed by atoms with Gasteiger partial charge in [-0.2, -0.15) is 5.10 Å². The van der Waals surface area contributed by atoms with Crippen LogP contribution in [0.2, 0.25) is 5.02 Å². The molecule has 0 unspecified atom stereocenters. The van der Waals surface area contributed by atoms with Gasteiger partial charge >= 0.3 is 5.97 Å². The molecule has 8 heteroatoms. The summed E-state index contributed by atoms with van der Waals surface area (Å²) < 4.78 is 0. The maximum atomic E-state index is 12.7. The minimum Gasteiger partial charge on any atom is -0.481 e. The molecule has 150 valence electrons. The molecule has 0 aliphatic carbocycles. The van der Waals surface area contributed by atoms with E-state index in [1.165, 1.54) is 5.01 Å². The van der Waals surface area contributed by atoms with Crippen LogP contribution in [-0.2, 0) is 16.0 Å². The Bertz CT molecular complexity index is 989. The van der Waals surface area contributed by atoms with Crippen LogP contribution in [0.4, 0.5) is 5.69 Å². The highest BCUT2D eigenvalue weighted by molar-refractivity contribution is 6.31. The molecule has 0 fully saturated rings. The predicted molar refractivity (Wildman–Crippen MR) is 110 cm³/mol. The molecule has 0 aromatic heterocycles. The van der Waals surface area contributed by atoms with Crippen molar-refractivity contribution >= 4 is 40.8 Å². The Balaban J connectivity index is 1.77. The number of nitrogens with one attached hydrogen (secondary N) is 1. The van der Waals surface area contributed by atoms with E-state index in [1.807, 2.05) is 0 Å². The van der Waals surface area contributed by atoms with Crippen molar-refractivity contribution in [2.45, 2.75) is 32.2 Å². The molecular weight excluding hydrogens is 394 g/mol. The van der Waals surface area contributed by atoms with Crippen LogP contribution in [0.3, 0.4) is 0 Å². The Labute approximate surface area is 173 Å². The summed E-state index contributed by atoms with van der Waals surface area (Å²) in [5.41, 5.74) is 2.25. The average Bonchev–Trinajstić information content (AvgIpc) is 3.01. The van der Waals surface area contributed by atoms with Crippen molar-refractivity contribution in [3.63, 3.8) is 0 Å². The number of hydrogen-bond acceptors (Lipinski definition) is 4. The van der Waals surface area contributed by atoms with Gasteiger partial charge in [-0.3, -0.25) is 14.4 Å². The molecule has 1 aliphatic rings. The van der Waals surface area contributed by atoms with Gasteiger partial charge in [-0.05, 0) is 43.2 Å². The minimum absolute atomic E-state index is 0.164. The lowest BCUT2D eigenvalue weighted by atomic mass is 10.0. The van der Waals surface area contributed by atoms with Crippen LogP contribution < -0.4 is 10.3 Å². The Morgan fingerprint density at radius 2 is 2.00 bits per heavy atom. The first-order chi connectivity index (χ1) is 13.8. The van der Waals surface area contributed by atoms with Gasteiger partial charge in [0.25, 0.3) is 11.8 Å². The molecule has 2 amide bonds. The summed E-state index contributed by atoms with van der Waals surface area (Å²) in [7, 11) is 0. The highest BCUT2D eigenvalue weighted by Gasteiger charge is 2.24. The molecule has 2 aromatic rings. The summed E-state index contributed by atoms with van der Waals surface area (Å²) >= 11 is 6.17. The van der Waals surface area contributed by atoms with Gasteiger partial charge < -0.3 is 10.4 Å². The zero-order chi connectivity index (χ0) is 21.0. The van der Waals surface area contributed by atoms with Crippen LogP contribution in [-0.4, -0.2) is 34.6 Å². The number of halogens is 1. The normalized spacial score (nSPS) is 14.5. The Morgan fingerprint density at radius 3 is 2.66 bits per heavy atom. The fraction of sp³-hybridized carbons (Fsp3) is 0.238. The van der Waals surface area contributed by atoms with E-state index in [2.05, 4.69) is 10.4 Å². The lowest BCUT2D eigenvalue weighted by Crippen LogP contribution is -2.38. The monoisotopic (exact) mass is 413 g/mol. The summed E-state index contributed by atoms with van der Waals surface area (Å²) in [5.74, 6) is -1.62. The number of carboxylic acid groups (broad SMARTS) is 1. The van der Waals surface area contributed by atoms with Gasteiger partial charge in [0.15, 0.2) is 0 Å². The Hall–Kier alpha value is -3.19. The number of hydrogen-bond donors (Lipinski definition) is 2. The average molecular weight is 414 g/mol. The third-order valence-corrected chi connectivity index (χ3v) is 4.82. The zero-order valence-electron chi connectivity index (χ0n) is 15.8.